The largest absolute Gasteiger partial charge is 0.452 e. The third-order valence-electron chi connectivity index (χ3n) is 5.10. The summed E-state index contributed by atoms with van der Waals surface area (Å²) in [6, 6.07) is 27.4. The van der Waals surface area contributed by atoms with Gasteiger partial charge in [0.2, 0.25) is 0 Å². The molecule has 172 valence electrons. The normalized spacial score (nSPS) is 10.6. The average Bonchev–Trinajstić information content (AvgIpc) is 3.59. The standard InChI is InChI=1S/C25H19N7O3/c33-24(16-35-25(34)19-11-13-20(14-12-19)31-17-26-29-30-31)27-23-15-22(18-7-3-1-4-8-18)28-32(23)21-9-5-2-6-10-21/h1-15,17H,16H2,(H,27,33). The minimum Gasteiger partial charge on any atom is -0.452 e. The molecular weight excluding hydrogens is 446 g/mol. The van der Waals surface area contributed by atoms with Gasteiger partial charge in [-0.15, -0.1) is 5.10 Å². The number of anilines is 1. The van der Waals surface area contributed by atoms with Crippen molar-refractivity contribution in [1.29, 1.82) is 0 Å². The first-order chi connectivity index (χ1) is 17.2. The zero-order chi connectivity index (χ0) is 24.0. The number of aromatic nitrogens is 6. The molecule has 0 radical (unpaired) electrons. The summed E-state index contributed by atoms with van der Waals surface area (Å²) in [6.45, 7) is -0.450. The Bertz CT molecular complexity index is 1430. The van der Waals surface area contributed by atoms with E-state index in [0.29, 0.717) is 22.8 Å². The fraction of sp³-hybridized carbons (Fsp3) is 0.0400. The van der Waals surface area contributed by atoms with E-state index >= 15 is 0 Å². The van der Waals surface area contributed by atoms with Gasteiger partial charge in [0, 0.05) is 11.6 Å². The number of nitrogens with zero attached hydrogens (tertiary/aromatic N) is 6. The van der Waals surface area contributed by atoms with Gasteiger partial charge in [-0.3, -0.25) is 4.79 Å². The SMILES string of the molecule is O=C(COC(=O)c1ccc(-n2cnnn2)cc1)Nc1cc(-c2ccccc2)nn1-c1ccccc1. The Hall–Kier alpha value is -5.12. The van der Waals surface area contributed by atoms with Crippen molar-refractivity contribution in [1.82, 2.24) is 30.0 Å². The predicted octanol–water partition coefficient (Wildman–Crippen LogP) is 3.31. The predicted molar refractivity (Wildman–Crippen MR) is 127 cm³/mol. The van der Waals surface area contributed by atoms with Crippen LogP contribution >= 0.6 is 0 Å². The summed E-state index contributed by atoms with van der Waals surface area (Å²) in [5.74, 6) is -0.646. The molecule has 35 heavy (non-hydrogen) atoms. The van der Waals surface area contributed by atoms with Gasteiger partial charge in [-0.2, -0.15) is 5.10 Å². The van der Waals surface area contributed by atoms with E-state index in [4.69, 9.17) is 4.74 Å². The maximum Gasteiger partial charge on any atom is 0.338 e. The van der Waals surface area contributed by atoms with Crippen molar-refractivity contribution in [2.75, 3.05) is 11.9 Å². The number of nitrogens with one attached hydrogen (secondary N) is 1. The van der Waals surface area contributed by atoms with Gasteiger partial charge >= 0.3 is 5.97 Å². The van der Waals surface area contributed by atoms with E-state index in [-0.39, 0.29) is 0 Å². The van der Waals surface area contributed by atoms with Crippen molar-refractivity contribution in [3.63, 3.8) is 0 Å². The second-order valence-corrected chi connectivity index (χ2v) is 7.45. The number of para-hydroxylation sites is 1. The number of carbonyl (C=O) groups is 2. The smallest absolute Gasteiger partial charge is 0.338 e. The highest BCUT2D eigenvalue weighted by Crippen LogP contribution is 2.24. The lowest BCUT2D eigenvalue weighted by Gasteiger charge is -2.09. The van der Waals surface area contributed by atoms with Gasteiger partial charge in [-0.05, 0) is 46.8 Å². The van der Waals surface area contributed by atoms with E-state index in [2.05, 4.69) is 25.9 Å². The molecule has 0 aliphatic carbocycles. The van der Waals surface area contributed by atoms with Gasteiger partial charge < -0.3 is 10.1 Å². The van der Waals surface area contributed by atoms with E-state index in [1.54, 1.807) is 35.0 Å². The summed E-state index contributed by atoms with van der Waals surface area (Å²) in [5.41, 5.74) is 3.38. The summed E-state index contributed by atoms with van der Waals surface area (Å²) in [6.07, 6.45) is 1.45. The van der Waals surface area contributed by atoms with Crippen LogP contribution in [0.2, 0.25) is 0 Å². The number of ether oxygens (including phenoxy) is 1. The third kappa shape index (κ3) is 4.96. The number of carbonyl (C=O) groups excluding carboxylic acids is 2. The first-order valence-corrected chi connectivity index (χ1v) is 10.7. The van der Waals surface area contributed by atoms with Crippen molar-refractivity contribution in [3.8, 4) is 22.6 Å². The van der Waals surface area contributed by atoms with E-state index in [1.165, 1.54) is 11.0 Å². The molecule has 0 bridgehead atoms. The molecule has 5 aromatic rings. The topological polar surface area (TPSA) is 117 Å². The lowest BCUT2D eigenvalue weighted by atomic mass is 10.2. The molecule has 10 heteroatoms. The van der Waals surface area contributed by atoms with Crippen molar-refractivity contribution in [3.05, 3.63) is 103 Å². The third-order valence-corrected chi connectivity index (χ3v) is 5.10. The number of hydrogen-bond acceptors (Lipinski definition) is 7. The van der Waals surface area contributed by atoms with Gasteiger partial charge in [0.05, 0.1) is 22.6 Å². The second kappa shape index (κ2) is 9.79. The Kier molecular flexibility index (Phi) is 6.07. The highest BCUT2D eigenvalue weighted by atomic mass is 16.5. The quantitative estimate of drug-likeness (QED) is 0.367. The second-order valence-electron chi connectivity index (χ2n) is 7.45. The van der Waals surface area contributed by atoms with Crippen LogP contribution in [0.1, 0.15) is 10.4 Å². The number of rotatable bonds is 7. The molecule has 2 heterocycles. The number of benzene rings is 3. The number of esters is 1. The fourth-order valence-corrected chi connectivity index (χ4v) is 3.41. The molecule has 0 spiro atoms. The first kappa shape index (κ1) is 21.7. The van der Waals surface area contributed by atoms with E-state index in [1.807, 2.05) is 60.7 Å². The maximum absolute atomic E-state index is 12.6. The minimum absolute atomic E-state index is 0.301. The molecule has 0 saturated carbocycles. The monoisotopic (exact) mass is 465 g/mol. The summed E-state index contributed by atoms with van der Waals surface area (Å²) in [4.78, 5) is 25.0. The zero-order valence-electron chi connectivity index (χ0n) is 18.4. The summed E-state index contributed by atoms with van der Waals surface area (Å²) in [5, 5.41) is 18.4. The van der Waals surface area contributed by atoms with Crippen molar-refractivity contribution >= 4 is 17.7 Å². The number of hydrogen-bond donors (Lipinski definition) is 1. The van der Waals surface area contributed by atoms with Gasteiger partial charge in [0.1, 0.15) is 12.1 Å². The van der Waals surface area contributed by atoms with Crippen molar-refractivity contribution < 1.29 is 14.3 Å². The van der Waals surface area contributed by atoms with Gasteiger partial charge in [0.25, 0.3) is 5.91 Å². The molecule has 1 N–H and O–H groups in total. The molecule has 0 saturated heterocycles. The van der Waals surface area contributed by atoms with Crippen LogP contribution in [0, 0.1) is 0 Å². The van der Waals surface area contributed by atoms with Crippen LogP contribution in [0.4, 0.5) is 5.82 Å². The molecule has 0 unspecified atom stereocenters. The van der Waals surface area contributed by atoms with Crippen LogP contribution in [-0.4, -0.2) is 48.5 Å². The van der Waals surface area contributed by atoms with Crippen LogP contribution in [0.3, 0.4) is 0 Å². The summed E-state index contributed by atoms with van der Waals surface area (Å²) in [7, 11) is 0. The highest BCUT2D eigenvalue weighted by molar-refractivity contribution is 5.95. The Balaban J connectivity index is 1.28. The Morgan fingerprint density at radius 3 is 2.26 bits per heavy atom. The van der Waals surface area contributed by atoms with E-state index < -0.39 is 18.5 Å². The van der Waals surface area contributed by atoms with Crippen LogP contribution in [0.5, 0.6) is 0 Å². The maximum atomic E-state index is 12.6. The van der Waals surface area contributed by atoms with Crippen molar-refractivity contribution in [2.24, 2.45) is 0 Å². The Labute approximate surface area is 199 Å². The van der Waals surface area contributed by atoms with Crippen molar-refractivity contribution in [2.45, 2.75) is 0 Å². The van der Waals surface area contributed by atoms with Gasteiger partial charge in [-0.1, -0.05) is 48.5 Å². The zero-order valence-corrected chi connectivity index (χ0v) is 18.4. The fourth-order valence-electron chi connectivity index (χ4n) is 3.41. The molecule has 1 amide bonds. The average molecular weight is 465 g/mol. The Morgan fingerprint density at radius 2 is 1.57 bits per heavy atom. The van der Waals surface area contributed by atoms with E-state index in [0.717, 1.165) is 11.3 Å². The minimum atomic E-state index is -0.620. The highest BCUT2D eigenvalue weighted by Gasteiger charge is 2.16. The molecule has 3 aromatic carbocycles. The summed E-state index contributed by atoms with van der Waals surface area (Å²) >= 11 is 0. The molecule has 10 nitrogen and oxygen atoms in total. The lowest BCUT2D eigenvalue weighted by Crippen LogP contribution is -2.22. The van der Waals surface area contributed by atoms with Gasteiger partial charge in [0.15, 0.2) is 6.61 Å². The van der Waals surface area contributed by atoms with Crippen LogP contribution in [0.25, 0.3) is 22.6 Å². The van der Waals surface area contributed by atoms with Gasteiger partial charge in [-0.25, -0.2) is 14.2 Å². The van der Waals surface area contributed by atoms with Crippen LogP contribution < -0.4 is 5.32 Å². The molecule has 5 rings (SSSR count). The molecule has 0 atom stereocenters. The number of amides is 1. The lowest BCUT2D eigenvalue weighted by molar-refractivity contribution is -0.119. The van der Waals surface area contributed by atoms with Crippen LogP contribution in [0.15, 0.2) is 97.3 Å². The molecule has 0 fully saturated rings. The number of tetrazole rings is 1. The van der Waals surface area contributed by atoms with Crippen LogP contribution in [-0.2, 0) is 9.53 Å². The molecule has 0 aliphatic heterocycles. The molecular formula is C25H19N7O3. The van der Waals surface area contributed by atoms with E-state index in [9.17, 15) is 9.59 Å². The first-order valence-electron chi connectivity index (χ1n) is 10.7. The summed E-state index contributed by atoms with van der Waals surface area (Å²) < 4.78 is 8.30. The molecule has 2 aromatic heterocycles. The molecule has 0 aliphatic rings. The Morgan fingerprint density at radius 1 is 0.857 bits per heavy atom.